The summed E-state index contributed by atoms with van der Waals surface area (Å²) >= 11 is 0. The van der Waals surface area contributed by atoms with Gasteiger partial charge in [0, 0.05) is 0 Å². The summed E-state index contributed by atoms with van der Waals surface area (Å²) in [5.74, 6) is -3.07. The van der Waals surface area contributed by atoms with Gasteiger partial charge in [-0.15, -0.1) is 0 Å². The standard InChI is InChI=1S/C9H13F2OP/c1-4-5-6-8(7(2)3)12-9(10,11)13/h4-6H,1,13H2,2-3H3/b6-5-. The van der Waals surface area contributed by atoms with Crippen molar-refractivity contribution >= 4 is 9.24 Å². The molecule has 74 valence electrons. The van der Waals surface area contributed by atoms with E-state index >= 15 is 0 Å². The zero-order valence-corrected chi connectivity index (χ0v) is 8.84. The maximum absolute atomic E-state index is 12.4. The number of halogens is 2. The van der Waals surface area contributed by atoms with E-state index in [4.69, 9.17) is 0 Å². The molecule has 0 amide bonds. The zero-order chi connectivity index (χ0) is 10.5. The fourth-order valence-electron chi connectivity index (χ4n) is 0.605. The molecule has 0 heterocycles. The maximum Gasteiger partial charge on any atom is 0.408 e. The van der Waals surface area contributed by atoms with Crippen LogP contribution in [0.25, 0.3) is 0 Å². The first kappa shape index (κ1) is 12.3. The van der Waals surface area contributed by atoms with E-state index in [-0.39, 0.29) is 5.76 Å². The summed E-state index contributed by atoms with van der Waals surface area (Å²) in [6, 6.07) is 0. The molecular formula is C9H13F2OP. The highest BCUT2D eigenvalue weighted by molar-refractivity contribution is 7.17. The molecule has 1 unspecified atom stereocenters. The van der Waals surface area contributed by atoms with Crippen LogP contribution in [0, 0.1) is 0 Å². The lowest BCUT2D eigenvalue weighted by molar-refractivity contribution is -0.130. The second kappa shape index (κ2) is 5.13. The van der Waals surface area contributed by atoms with Crippen LogP contribution in [0.5, 0.6) is 0 Å². The van der Waals surface area contributed by atoms with Crippen molar-refractivity contribution in [3.63, 3.8) is 0 Å². The Labute approximate surface area is 79.4 Å². The maximum atomic E-state index is 12.4. The normalized spacial score (nSPS) is 11.5. The smallest absolute Gasteiger partial charge is 0.408 e. The Morgan fingerprint density at radius 3 is 2.31 bits per heavy atom. The van der Waals surface area contributed by atoms with E-state index < -0.39 is 5.85 Å². The van der Waals surface area contributed by atoms with Gasteiger partial charge < -0.3 is 4.74 Å². The monoisotopic (exact) mass is 206 g/mol. The van der Waals surface area contributed by atoms with E-state index in [9.17, 15) is 8.78 Å². The van der Waals surface area contributed by atoms with E-state index in [0.29, 0.717) is 5.57 Å². The predicted octanol–water partition coefficient (Wildman–Crippen LogP) is 3.46. The van der Waals surface area contributed by atoms with Gasteiger partial charge in [0.25, 0.3) is 0 Å². The molecule has 0 radical (unpaired) electrons. The zero-order valence-electron chi connectivity index (χ0n) is 7.68. The summed E-state index contributed by atoms with van der Waals surface area (Å²) in [5, 5.41) is 0. The number of alkyl halides is 2. The average Bonchev–Trinajstić information content (AvgIpc) is 1.95. The van der Waals surface area contributed by atoms with E-state index in [1.54, 1.807) is 19.9 Å². The highest BCUT2D eigenvalue weighted by Gasteiger charge is 2.23. The molecule has 0 aliphatic heterocycles. The van der Waals surface area contributed by atoms with Crippen LogP contribution in [0.4, 0.5) is 8.78 Å². The van der Waals surface area contributed by atoms with Crippen molar-refractivity contribution in [2.45, 2.75) is 19.7 Å². The Morgan fingerprint density at radius 2 is 2.00 bits per heavy atom. The van der Waals surface area contributed by atoms with Crippen molar-refractivity contribution in [3.8, 4) is 0 Å². The molecule has 0 aliphatic carbocycles. The van der Waals surface area contributed by atoms with E-state index in [1.807, 2.05) is 0 Å². The van der Waals surface area contributed by atoms with Crippen molar-refractivity contribution in [1.29, 1.82) is 0 Å². The van der Waals surface area contributed by atoms with Crippen LogP contribution in [-0.2, 0) is 4.74 Å². The van der Waals surface area contributed by atoms with Gasteiger partial charge >= 0.3 is 5.85 Å². The largest absolute Gasteiger partial charge is 0.430 e. The summed E-state index contributed by atoms with van der Waals surface area (Å²) < 4.78 is 29.2. The van der Waals surface area contributed by atoms with Crippen molar-refractivity contribution in [1.82, 2.24) is 0 Å². The van der Waals surface area contributed by atoms with Gasteiger partial charge in [-0.25, -0.2) is 0 Å². The molecular weight excluding hydrogens is 193 g/mol. The number of rotatable bonds is 4. The third-order valence-electron chi connectivity index (χ3n) is 1.12. The van der Waals surface area contributed by atoms with Gasteiger partial charge in [-0.05, 0) is 34.7 Å². The molecule has 0 rings (SSSR count). The van der Waals surface area contributed by atoms with Crippen LogP contribution in [0.15, 0.2) is 36.1 Å². The molecule has 1 atom stereocenters. The van der Waals surface area contributed by atoms with Crippen molar-refractivity contribution in [2.24, 2.45) is 0 Å². The van der Waals surface area contributed by atoms with Gasteiger partial charge in [0.15, 0.2) is 0 Å². The van der Waals surface area contributed by atoms with Gasteiger partial charge in [-0.1, -0.05) is 18.7 Å². The fraction of sp³-hybridized carbons (Fsp3) is 0.333. The molecule has 0 bridgehead atoms. The molecule has 4 heteroatoms. The molecule has 0 aromatic rings. The van der Waals surface area contributed by atoms with E-state index in [0.717, 1.165) is 0 Å². The fourth-order valence-corrected chi connectivity index (χ4v) is 0.732. The van der Waals surface area contributed by atoms with Gasteiger partial charge in [0.2, 0.25) is 0 Å². The van der Waals surface area contributed by atoms with Crippen LogP contribution in [-0.4, -0.2) is 5.85 Å². The van der Waals surface area contributed by atoms with Gasteiger partial charge in [0.05, 0.1) is 0 Å². The Balaban J connectivity index is 4.57. The SMILES string of the molecule is C=C/C=C\C(OC(F)(F)P)=C(C)C. The van der Waals surface area contributed by atoms with E-state index in [1.165, 1.54) is 21.4 Å². The first-order chi connectivity index (χ1) is 5.87. The van der Waals surface area contributed by atoms with Gasteiger partial charge in [-0.3, -0.25) is 0 Å². The summed E-state index contributed by atoms with van der Waals surface area (Å²) in [6.45, 7) is 6.82. The molecule has 0 aromatic heterocycles. The number of allylic oxidation sites excluding steroid dienone is 4. The second-order valence-electron chi connectivity index (χ2n) is 2.62. The minimum absolute atomic E-state index is 0.153. The average molecular weight is 206 g/mol. The second-order valence-corrected chi connectivity index (χ2v) is 3.30. The molecule has 0 aliphatic rings. The quantitative estimate of drug-likeness (QED) is 0.389. The lowest BCUT2D eigenvalue weighted by Crippen LogP contribution is -2.10. The molecule has 13 heavy (non-hydrogen) atoms. The minimum Gasteiger partial charge on any atom is -0.430 e. The van der Waals surface area contributed by atoms with Crippen LogP contribution in [0.2, 0.25) is 0 Å². The summed E-state index contributed by atoms with van der Waals surface area (Å²) in [7, 11) is 1.32. The van der Waals surface area contributed by atoms with Crippen LogP contribution in [0.3, 0.4) is 0 Å². The number of ether oxygens (including phenoxy) is 1. The lowest BCUT2D eigenvalue weighted by Gasteiger charge is -2.14. The Morgan fingerprint density at radius 1 is 1.46 bits per heavy atom. The molecule has 1 nitrogen and oxygen atoms in total. The first-order valence-electron chi connectivity index (χ1n) is 3.69. The molecule has 0 aromatic carbocycles. The van der Waals surface area contributed by atoms with Crippen molar-refractivity contribution in [2.75, 3.05) is 0 Å². The molecule has 0 saturated heterocycles. The summed E-state index contributed by atoms with van der Waals surface area (Å²) in [5.41, 5.74) is 0.681. The highest BCUT2D eigenvalue weighted by Crippen LogP contribution is 2.28. The van der Waals surface area contributed by atoms with Crippen molar-refractivity contribution < 1.29 is 13.5 Å². The van der Waals surface area contributed by atoms with E-state index in [2.05, 4.69) is 11.3 Å². The first-order valence-corrected chi connectivity index (χ1v) is 4.27. The lowest BCUT2D eigenvalue weighted by atomic mass is 10.2. The third kappa shape index (κ3) is 6.47. The topological polar surface area (TPSA) is 9.23 Å². The third-order valence-corrected chi connectivity index (χ3v) is 1.24. The van der Waals surface area contributed by atoms with Gasteiger partial charge in [0.1, 0.15) is 5.76 Å². The summed E-state index contributed by atoms with van der Waals surface area (Å²) in [4.78, 5) is 0. The molecule has 0 fully saturated rings. The molecule has 0 N–H and O–H groups in total. The molecule has 0 spiro atoms. The van der Waals surface area contributed by atoms with Crippen LogP contribution >= 0.6 is 9.24 Å². The van der Waals surface area contributed by atoms with Gasteiger partial charge in [-0.2, -0.15) is 8.78 Å². The Kier molecular flexibility index (Phi) is 4.86. The Hall–Kier alpha value is -0.690. The van der Waals surface area contributed by atoms with Crippen LogP contribution in [0.1, 0.15) is 13.8 Å². The molecule has 0 saturated carbocycles. The predicted molar refractivity (Wildman–Crippen MR) is 53.5 cm³/mol. The van der Waals surface area contributed by atoms with Crippen LogP contribution < -0.4 is 0 Å². The number of hydrogen-bond donors (Lipinski definition) is 0. The number of hydrogen-bond acceptors (Lipinski definition) is 1. The van der Waals surface area contributed by atoms with Crippen molar-refractivity contribution in [3.05, 3.63) is 36.1 Å². The summed E-state index contributed by atoms with van der Waals surface area (Å²) in [6.07, 6.45) is 4.48. The Bertz CT molecular complexity index is 234. The highest BCUT2D eigenvalue weighted by atomic mass is 31.0. The minimum atomic E-state index is -3.22.